The van der Waals surface area contributed by atoms with Crippen molar-refractivity contribution in [2.75, 3.05) is 6.61 Å². The molecule has 20 heavy (non-hydrogen) atoms. The molecule has 1 heterocycles. The average Bonchev–Trinajstić information content (AvgIpc) is 2.73. The van der Waals surface area contributed by atoms with E-state index in [1.165, 1.54) is 24.3 Å². The molecule has 2 atom stereocenters. The third kappa shape index (κ3) is 3.36. The number of hydrogen-bond donors (Lipinski definition) is 2. The van der Waals surface area contributed by atoms with Crippen molar-refractivity contribution >= 4 is 20.0 Å². The van der Waals surface area contributed by atoms with Gasteiger partial charge in [-0.05, 0) is 37.6 Å². The molecule has 2 unspecified atom stereocenters. The Morgan fingerprint density at radius 2 is 1.70 bits per heavy atom. The van der Waals surface area contributed by atoms with Crippen LogP contribution in [0.15, 0.2) is 34.1 Å². The van der Waals surface area contributed by atoms with Crippen LogP contribution in [-0.2, 0) is 24.8 Å². The highest BCUT2D eigenvalue weighted by molar-refractivity contribution is 7.89. The summed E-state index contributed by atoms with van der Waals surface area (Å²) >= 11 is 0. The fourth-order valence-corrected chi connectivity index (χ4v) is 3.82. The van der Waals surface area contributed by atoms with Gasteiger partial charge >= 0.3 is 0 Å². The van der Waals surface area contributed by atoms with E-state index in [2.05, 4.69) is 4.72 Å². The van der Waals surface area contributed by atoms with Gasteiger partial charge in [-0.1, -0.05) is 0 Å². The second kappa shape index (κ2) is 5.41. The summed E-state index contributed by atoms with van der Waals surface area (Å²) in [6, 6.07) is 4.47. The van der Waals surface area contributed by atoms with Gasteiger partial charge in [0.1, 0.15) is 0 Å². The van der Waals surface area contributed by atoms with Gasteiger partial charge in [-0.25, -0.2) is 26.7 Å². The highest BCUT2D eigenvalue weighted by Gasteiger charge is 2.29. The summed E-state index contributed by atoms with van der Waals surface area (Å²) in [6.45, 7) is 2.31. The van der Waals surface area contributed by atoms with Crippen molar-refractivity contribution in [1.82, 2.24) is 4.72 Å². The molecule has 3 N–H and O–H groups in total. The van der Waals surface area contributed by atoms with E-state index >= 15 is 0 Å². The summed E-state index contributed by atoms with van der Waals surface area (Å²) < 4.78 is 54.4. The van der Waals surface area contributed by atoms with Crippen molar-refractivity contribution in [2.45, 2.75) is 35.3 Å². The third-order valence-corrected chi connectivity index (χ3v) is 5.58. The van der Waals surface area contributed by atoms with Gasteiger partial charge < -0.3 is 4.74 Å². The van der Waals surface area contributed by atoms with Gasteiger partial charge in [0, 0.05) is 6.61 Å². The first-order valence-electron chi connectivity index (χ1n) is 5.97. The summed E-state index contributed by atoms with van der Waals surface area (Å²) in [5, 5.41) is 4.96. The first-order chi connectivity index (χ1) is 9.20. The van der Waals surface area contributed by atoms with Gasteiger partial charge in [-0.15, -0.1) is 0 Å². The lowest BCUT2D eigenvalue weighted by Gasteiger charge is -2.16. The first kappa shape index (κ1) is 15.4. The van der Waals surface area contributed by atoms with Gasteiger partial charge in [0.2, 0.25) is 20.0 Å². The van der Waals surface area contributed by atoms with Gasteiger partial charge in [-0.2, -0.15) is 0 Å². The molecule has 0 amide bonds. The molecule has 2 rings (SSSR count). The third-order valence-electron chi connectivity index (χ3n) is 3.15. The lowest BCUT2D eigenvalue weighted by atomic mass is 10.2. The molecule has 1 aromatic rings. The molecule has 0 radical (unpaired) electrons. The number of benzene rings is 1. The van der Waals surface area contributed by atoms with E-state index in [0.717, 1.165) is 0 Å². The molecule has 0 bridgehead atoms. The molecule has 112 valence electrons. The van der Waals surface area contributed by atoms with Crippen LogP contribution in [0, 0.1) is 0 Å². The molecule has 0 aliphatic carbocycles. The quantitative estimate of drug-likeness (QED) is 0.796. The van der Waals surface area contributed by atoms with Crippen molar-refractivity contribution in [2.24, 2.45) is 5.14 Å². The number of sulfonamides is 2. The topological polar surface area (TPSA) is 116 Å². The standard InChI is InChI=1S/C11H16N2O5S2/c1-8-11(6-7-18-8)13-20(16,17)10-4-2-9(3-5-10)19(12,14)15/h2-5,8,11,13H,6-7H2,1H3,(H2,12,14,15). The van der Waals surface area contributed by atoms with Gasteiger partial charge in [0.15, 0.2) is 0 Å². The fraction of sp³-hybridized carbons (Fsp3) is 0.455. The van der Waals surface area contributed by atoms with E-state index in [1.807, 2.05) is 0 Å². The lowest BCUT2D eigenvalue weighted by Crippen LogP contribution is -2.39. The van der Waals surface area contributed by atoms with Crippen LogP contribution in [0.4, 0.5) is 0 Å². The molecule has 1 aliphatic rings. The fourth-order valence-electron chi connectivity index (χ4n) is 1.96. The summed E-state index contributed by atoms with van der Waals surface area (Å²) in [7, 11) is -7.54. The Bertz CT molecular complexity index is 682. The Morgan fingerprint density at radius 1 is 1.15 bits per heavy atom. The van der Waals surface area contributed by atoms with Crippen LogP contribution in [0.25, 0.3) is 0 Å². The number of primary sulfonamides is 1. The zero-order valence-electron chi connectivity index (χ0n) is 10.8. The van der Waals surface area contributed by atoms with Crippen molar-refractivity contribution in [3.63, 3.8) is 0 Å². The summed E-state index contributed by atoms with van der Waals surface area (Å²) in [5.74, 6) is 0. The van der Waals surface area contributed by atoms with Crippen molar-refractivity contribution < 1.29 is 21.6 Å². The maximum atomic E-state index is 12.1. The van der Waals surface area contributed by atoms with E-state index in [-0.39, 0.29) is 21.9 Å². The highest BCUT2D eigenvalue weighted by Crippen LogP contribution is 2.18. The summed E-state index contributed by atoms with van der Waals surface area (Å²) in [6.07, 6.45) is 0.420. The minimum atomic E-state index is -3.83. The SMILES string of the molecule is CC1OCCC1NS(=O)(=O)c1ccc(S(N)(=O)=O)cc1. The molecule has 1 fully saturated rings. The maximum absolute atomic E-state index is 12.1. The Balaban J connectivity index is 2.22. The van der Waals surface area contributed by atoms with Gasteiger partial charge in [0.25, 0.3) is 0 Å². The molecule has 1 saturated heterocycles. The first-order valence-corrected chi connectivity index (χ1v) is 9.00. The van der Waals surface area contributed by atoms with E-state index in [1.54, 1.807) is 6.92 Å². The molecule has 1 aliphatic heterocycles. The van der Waals surface area contributed by atoms with Crippen LogP contribution < -0.4 is 9.86 Å². The molecule has 9 heteroatoms. The van der Waals surface area contributed by atoms with Crippen molar-refractivity contribution in [3.8, 4) is 0 Å². The Hall–Kier alpha value is -1.00. The molecule has 1 aromatic carbocycles. The van der Waals surface area contributed by atoms with E-state index < -0.39 is 20.0 Å². The Kier molecular flexibility index (Phi) is 4.17. The molecule has 7 nitrogen and oxygen atoms in total. The Labute approximate surface area is 118 Å². The van der Waals surface area contributed by atoms with Gasteiger partial charge in [-0.3, -0.25) is 0 Å². The number of nitrogens with two attached hydrogens (primary N) is 1. The van der Waals surface area contributed by atoms with E-state index in [4.69, 9.17) is 9.88 Å². The predicted molar refractivity (Wildman–Crippen MR) is 72.0 cm³/mol. The van der Waals surface area contributed by atoms with E-state index in [0.29, 0.717) is 13.0 Å². The largest absolute Gasteiger partial charge is 0.377 e. The van der Waals surface area contributed by atoms with E-state index in [9.17, 15) is 16.8 Å². The maximum Gasteiger partial charge on any atom is 0.240 e. The average molecular weight is 320 g/mol. The number of ether oxygens (including phenoxy) is 1. The monoisotopic (exact) mass is 320 g/mol. The number of nitrogens with one attached hydrogen (secondary N) is 1. The minimum Gasteiger partial charge on any atom is -0.377 e. The second-order valence-electron chi connectivity index (χ2n) is 4.61. The van der Waals surface area contributed by atoms with Crippen molar-refractivity contribution in [3.05, 3.63) is 24.3 Å². The lowest BCUT2D eigenvalue weighted by molar-refractivity contribution is 0.117. The van der Waals surface area contributed by atoms with Crippen LogP contribution in [0.5, 0.6) is 0 Å². The van der Waals surface area contributed by atoms with Gasteiger partial charge in [0.05, 0.1) is 21.9 Å². The summed E-state index contributed by atoms with van der Waals surface area (Å²) in [4.78, 5) is -0.141. The molecular weight excluding hydrogens is 304 g/mol. The van der Waals surface area contributed by atoms with Crippen LogP contribution in [0.2, 0.25) is 0 Å². The zero-order chi connectivity index (χ0) is 15.0. The van der Waals surface area contributed by atoms with Crippen LogP contribution >= 0.6 is 0 Å². The normalized spacial score (nSPS) is 23.9. The van der Waals surface area contributed by atoms with Crippen molar-refractivity contribution in [1.29, 1.82) is 0 Å². The smallest absolute Gasteiger partial charge is 0.240 e. The molecule has 0 saturated carbocycles. The second-order valence-corrected chi connectivity index (χ2v) is 7.88. The highest BCUT2D eigenvalue weighted by atomic mass is 32.2. The van der Waals surface area contributed by atoms with Crippen LogP contribution in [0.1, 0.15) is 13.3 Å². The number of hydrogen-bond acceptors (Lipinski definition) is 5. The molecule has 0 spiro atoms. The van der Waals surface area contributed by atoms with Crippen LogP contribution in [-0.4, -0.2) is 35.6 Å². The summed E-state index contributed by atoms with van der Waals surface area (Å²) in [5.41, 5.74) is 0. The minimum absolute atomic E-state index is 0.0102. The number of rotatable bonds is 4. The van der Waals surface area contributed by atoms with Crippen LogP contribution in [0.3, 0.4) is 0 Å². The molecular formula is C11H16N2O5S2. The predicted octanol–water partition coefficient (Wildman–Crippen LogP) is -0.210. The zero-order valence-corrected chi connectivity index (χ0v) is 12.4. The Morgan fingerprint density at radius 3 is 2.15 bits per heavy atom. The molecule has 0 aromatic heterocycles.